The molecule has 6 heteroatoms. The predicted octanol–water partition coefficient (Wildman–Crippen LogP) is 0.874. The van der Waals surface area contributed by atoms with Gasteiger partial charge in [0.1, 0.15) is 12.9 Å². The van der Waals surface area contributed by atoms with Crippen LogP contribution in [-0.2, 0) is 17.8 Å². The third-order valence-corrected chi connectivity index (χ3v) is 2.32. The smallest absolute Gasteiger partial charge is 0.246 e. The van der Waals surface area contributed by atoms with Gasteiger partial charge in [0.05, 0.1) is 0 Å². The van der Waals surface area contributed by atoms with E-state index in [0.717, 1.165) is 12.1 Å². The van der Waals surface area contributed by atoms with E-state index in [1.54, 1.807) is 0 Å². The van der Waals surface area contributed by atoms with Crippen molar-refractivity contribution in [2.24, 2.45) is 0 Å². The van der Waals surface area contributed by atoms with E-state index in [4.69, 9.17) is 0 Å². The molecule has 1 N–H and O–H groups in total. The number of aryl methyl sites for hydroxylation is 1. The fraction of sp³-hybridized carbons (Fsp3) is 0.273. The van der Waals surface area contributed by atoms with Crippen molar-refractivity contribution in [2.45, 2.75) is 19.9 Å². The topological polar surface area (TPSA) is 72.7 Å². The van der Waals surface area contributed by atoms with Crippen LogP contribution in [0, 0.1) is 0 Å². The molecule has 0 aliphatic heterocycles. The Hall–Kier alpha value is -2.24. The Morgan fingerprint density at radius 2 is 2.35 bits per heavy atom. The van der Waals surface area contributed by atoms with Crippen molar-refractivity contribution in [2.75, 3.05) is 5.32 Å². The molecule has 0 atom stereocenters. The van der Waals surface area contributed by atoms with E-state index in [1.807, 2.05) is 24.3 Å². The van der Waals surface area contributed by atoms with Crippen molar-refractivity contribution in [3.8, 4) is 0 Å². The lowest BCUT2D eigenvalue weighted by molar-refractivity contribution is -0.116. The summed E-state index contributed by atoms with van der Waals surface area (Å²) >= 11 is 0. The fourth-order valence-electron chi connectivity index (χ4n) is 1.47. The minimum atomic E-state index is -0.148. The van der Waals surface area contributed by atoms with Gasteiger partial charge in [-0.15, -0.1) is 5.10 Å². The molecule has 0 aliphatic carbocycles. The summed E-state index contributed by atoms with van der Waals surface area (Å²) in [5.41, 5.74) is 1.98. The standard InChI is InChI=1S/C11H13N5O/c1-2-9-4-3-5-10(6-9)13-11(17)7-16-8-12-14-15-16/h3-6,8H,2,7H2,1H3,(H,13,17). The van der Waals surface area contributed by atoms with Crippen LogP contribution in [0.5, 0.6) is 0 Å². The highest BCUT2D eigenvalue weighted by Crippen LogP contribution is 2.10. The van der Waals surface area contributed by atoms with Crippen LogP contribution >= 0.6 is 0 Å². The van der Waals surface area contributed by atoms with Crippen molar-refractivity contribution < 1.29 is 4.79 Å². The van der Waals surface area contributed by atoms with E-state index in [0.29, 0.717) is 0 Å². The van der Waals surface area contributed by atoms with Gasteiger partial charge in [-0.25, -0.2) is 4.68 Å². The van der Waals surface area contributed by atoms with Crippen molar-refractivity contribution in [3.63, 3.8) is 0 Å². The highest BCUT2D eigenvalue weighted by atomic mass is 16.2. The molecule has 0 unspecified atom stereocenters. The lowest BCUT2D eigenvalue weighted by Crippen LogP contribution is -2.19. The van der Waals surface area contributed by atoms with E-state index in [1.165, 1.54) is 16.6 Å². The van der Waals surface area contributed by atoms with Gasteiger partial charge in [-0.2, -0.15) is 0 Å². The highest BCUT2D eigenvalue weighted by Gasteiger charge is 2.04. The van der Waals surface area contributed by atoms with E-state index >= 15 is 0 Å². The summed E-state index contributed by atoms with van der Waals surface area (Å²) < 4.78 is 1.37. The van der Waals surface area contributed by atoms with Gasteiger partial charge in [0.2, 0.25) is 5.91 Å². The normalized spacial score (nSPS) is 10.2. The monoisotopic (exact) mass is 231 g/mol. The minimum absolute atomic E-state index is 0.114. The second-order valence-corrected chi connectivity index (χ2v) is 3.61. The van der Waals surface area contributed by atoms with Gasteiger partial charge in [0, 0.05) is 5.69 Å². The Morgan fingerprint density at radius 1 is 1.47 bits per heavy atom. The Morgan fingerprint density at radius 3 is 3.06 bits per heavy atom. The molecule has 0 radical (unpaired) electrons. The van der Waals surface area contributed by atoms with Crippen molar-refractivity contribution in [1.29, 1.82) is 0 Å². The van der Waals surface area contributed by atoms with Gasteiger partial charge in [0.25, 0.3) is 0 Å². The van der Waals surface area contributed by atoms with Crippen LogP contribution in [0.2, 0.25) is 0 Å². The quantitative estimate of drug-likeness (QED) is 0.847. The minimum Gasteiger partial charge on any atom is -0.324 e. The average Bonchev–Trinajstić information content (AvgIpc) is 2.82. The molecule has 0 aliphatic rings. The number of hydrogen-bond acceptors (Lipinski definition) is 4. The number of rotatable bonds is 4. The Kier molecular flexibility index (Phi) is 3.44. The first kappa shape index (κ1) is 11.3. The molecule has 1 aromatic heterocycles. The molecule has 1 amide bonds. The van der Waals surface area contributed by atoms with Crippen molar-refractivity contribution >= 4 is 11.6 Å². The average molecular weight is 231 g/mol. The third kappa shape index (κ3) is 3.10. The number of aromatic nitrogens is 4. The lowest BCUT2D eigenvalue weighted by atomic mass is 10.1. The van der Waals surface area contributed by atoms with Crippen LogP contribution < -0.4 is 5.32 Å². The molecule has 1 aromatic carbocycles. The first-order valence-electron chi connectivity index (χ1n) is 5.37. The number of amides is 1. The molecule has 0 bridgehead atoms. The number of hydrogen-bond donors (Lipinski definition) is 1. The zero-order chi connectivity index (χ0) is 12.1. The summed E-state index contributed by atoms with van der Waals surface area (Å²) in [6, 6.07) is 7.76. The first-order valence-corrected chi connectivity index (χ1v) is 5.37. The van der Waals surface area contributed by atoms with Gasteiger partial charge >= 0.3 is 0 Å². The number of tetrazole rings is 1. The highest BCUT2D eigenvalue weighted by molar-refractivity contribution is 5.90. The number of nitrogens with one attached hydrogen (secondary N) is 1. The van der Waals surface area contributed by atoms with E-state index < -0.39 is 0 Å². The second kappa shape index (κ2) is 5.20. The van der Waals surface area contributed by atoms with Crippen LogP contribution in [0.25, 0.3) is 0 Å². The van der Waals surface area contributed by atoms with Crippen LogP contribution in [0.3, 0.4) is 0 Å². The van der Waals surface area contributed by atoms with Crippen molar-refractivity contribution in [3.05, 3.63) is 36.2 Å². The van der Waals surface area contributed by atoms with Crippen LogP contribution in [-0.4, -0.2) is 26.1 Å². The molecular weight excluding hydrogens is 218 g/mol. The summed E-state index contributed by atoms with van der Waals surface area (Å²) in [4.78, 5) is 11.7. The number of nitrogens with zero attached hydrogens (tertiary/aromatic N) is 4. The molecule has 0 saturated heterocycles. The van der Waals surface area contributed by atoms with E-state index in [-0.39, 0.29) is 12.5 Å². The summed E-state index contributed by atoms with van der Waals surface area (Å²) in [7, 11) is 0. The largest absolute Gasteiger partial charge is 0.324 e. The van der Waals surface area contributed by atoms with Gasteiger partial charge in [-0.3, -0.25) is 4.79 Å². The summed E-state index contributed by atoms with van der Waals surface area (Å²) in [5.74, 6) is -0.148. The maximum Gasteiger partial charge on any atom is 0.246 e. The molecule has 0 fully saturated rings. The zero-order valence-electron chi connectivity index (χ0n) is 9.50. The number of anilines is 1. The molecule has 6 nitrogen and oxygen atoms in total. The van der Waals surface area contributed by atoms with Gasteiger partial charge in [-0.05, 0) is 34.5 Å². The zero-order valence-corrected chi connectivity index (χ0v) is 9.50. The third-order valence-electron chi connectivity index (χ3n) is 2.32. The maximum atomic E-state index is 11.7. The molecule has 1 heterocycles. The number of carbonyl (C=O) groups is 1. The molecule has 17 heavy (non-hydrogen) atoms. The maximum absolute atomic E-state index is 11.7. The number of benzene rings is 1. The Labute approximate surface area is 98.6 Å². The van der Waals surface area contributed by atoms with Crippen LogP contribution in [0.15, 0.2) is 30.6 Å². The SMILES string of the molecule is CCc1cccc(NC(=O)Cn2cnnn2)c1. The fourth-order valence-corrected chi connectivity index (χ4v) is 1.47. The van der Waals surface area contributed by atoms with Gasteiger partial charge in [0.15, 0.2) is 0 Å². The molecule has 88 valence electrons. The lowest BCUT2D eigenvalue weighted by Gasteiger charge is -2.06. The second-order valence-electron chi connectivity index (χ2n) is 3.61. The Balaban J connectivity index is 1.98. The predicted molar refractivity (Wildman–Crippen MR) is 62.3 cm³/mol. The van der Waals surface area contributed by atoms with Crippen LogP contribution in [0.4, 0.5) is 5.69 Å². The molecule has 2 aromatic rings. The molecule has 0 spiro atoms. The number of carbonyl (C=O) groups excluding carboxylic acids is 1. The summed E-state index contributed by atoms with van der Waals surface area (Å²) in [6.45, 7) is 2.19. The Bertz CT molecular complexity index is 494. The molecule has 0 saturated carbocycles. The summed E-state index contributed by atoms with van der Waals surface area (Å²) in [6.07, 6.45) is 2.35. The van der Waals surface area contributed by atoms with E-state index in [2.05, 4.69) is 27.8 Å². The van der Waals surface area contributed by atoms with Gasteiger partial charge in [-0.1, -0.05) is 19.1 Å². The summed E-state index contributed by atoms with van der Waals surface area (Å²) in [5, 5.41) is 13.3. The molecule has 2 rings (SSSR count). The van der Waals surface area contributed by atoms with E-state index in [9.17, 15) is 4.79 Å². The molecular formula is C11H13N5O. The van der Waals surface area contributed by atoms with Crippen molar-refractivity contribution in [1.82, 2.24) is 20.2 Å². The van der Waals surface area contributed by atoms with Crippen LogP contribution in [0.1, 0.15) is 12.5 Å². The first-order chi connectivity index (χ1) is 8.28. The van der Waals surface area contributed by atoms with Gasteiger partial charge < -0.3 is 5.32 Å².